The number of carbonyl (C=O) groups excluding carboxylic acids is 1. The van der Waals surface area contributed by atoms with Gasteiger partial charge in [0.15, 0.2) is 0 Å². The highest BCUT2D eigenvalue weighted by Crippen LogP contribution is 2.23. The summed E-state index contributed by atoms with van der Waals surface area (Å²) in [6.45, 7) is 1.63. The van der Waals surface area contributed by atoms with Crippen molar-refractivity contribution in [2.75, 3.05) is 32.7 Å². The summed E-state index contributed by atoms with van der Waals surface area (Å²) in [6.07, 6.45) is 0. The third-order valence-electron chi connectivity index (χ3n) is 1.99. The maximum atomic E-state index is 12.1. The van der Waals surface area contributed by atoms with Crippen LogP contribution in [0.3, 0.4) is 0 Å². The van der Waals surface area contributed by atoms with Crippen LogP contribution in [0.25, 0.3) is 0 Å². The molecule has 90 valence electrons. The summed E-state index contributed by atoms with van der Waals surface area (Å²) < 4.78 is 5.92. The topological polar surface area (TPSA) is 29.5 Å². The lowest BCUT2D eigenvalue weighted by molar-refractivity contribution is 0.0712. The normalized spacial score (nSPS) is 10.4. The standard InChI is InChI=1S/C10H13BrClNO2S/c1-15-7-6-13(5-4-12)10(14)8-2-3-9(11)16-8/h2-3H,4-7H2,1H3. The van der Waals surface area contributed by atoms with Gasteiger partial charge in [0.1, 0.15) is 0 Å². The lowest BCUT2D eigenvalue weighted by atomic mass is 10.4. The number of thiophene rings is 1. The largest absolute Gasteiger partial charge is 0.383 e. The average molecular weight is 327 g/mol. The van der Waals surface area contributed by atoms with Crippen LogP contribution in [-0.2, 0) is 4.74 Å². The first-order valence-electron chi connectivity index (χ1n) is 4.78. The van der Waals surface area contributed by atoms with E-state index in [0.29, 0.717) is 30.5 Å². The van der Waals surface area contributed by atoms with Gasteiger partial charge in [0.25, 0.3) is 5.91 Å². The molecule has 1 heterocycles. The predicted molar refractivity (Wildman–Crippen MR) is 70.5 cm³/mol. The van der Waals surface area contributed by atoms with Crippen LogP contribution in [0.5, 0.6) is 0 Å². The molecule has 0 aliphatic carbocycles. The first-order chi connectivity index (χ1) is 7.69. The fourth-order valence-corrected chi connectivity index (χ4v) is 2.76. The van der Waals surface area contributed by atoms with E-state index in [1.54, 1.807) is 12.0 Å². The van der Waals surface area contributed by atoms with Crippen LogP contribution in [0.4, 0.5) is 0 Å². The number of ether oxygens (including phenoxy) is 1. The highest BCUT2D eigenvalue weighted by molar-refractivity contribution is 9.11. The van der Waals surface area contributed by atoms with Crippen molar-refractivity contribution < 1.29 is 9.53 Å². The number of carbonyl (C=O) groups is 1. The SMILES string of the molecule is COCCN(CCCl)C(=O)c1ccc(Br)s1. The van der Waals surface area contributed by atoms with E-state index < -0.39 is 0 Å². The Labute approximate surface area is 112 Å². The van der Waals surface area contributed by atoms with Gasteiger partial charge in [-0.3, -0.25) is 4.79 Å². The van der Waals surface area contributed by atoms with Crippen LogP contribution < -0.4 is 0 Å². The molecule has 1 amide bonds. The van der Waals surface area contributed by atoms with E-state index in [4.69, 9.17) is 16.3 Å². The molecule has 0 fully saturated rings. The van der Waals surface area contributed by atoms with Gasteiger partial charge >= 0.3 is 0 Å². The molecule has 0 N–H and O–H groups in total. The van der Waals surface area contributed by atoms with Crippen molar-refractivity contribution >= 4 is 44.8 Å². The Kier molecular flexibility index (Phi) is 6.34. The first-order valence-corrected chi connectivity index (χ1v) is 6.93. The van der Waals surface area contributed by atoms with E-state index in [-0.39, 0.29) is 5.91 Å². The second-order valence-electron chi connectivity index (χ2n) is 3.08. The summed E-state index contributed by atoms with van der Waals surface area (Å²) in [5.41, 5.74) is 0. The van der Waals surface area contributed by atoms with Gasteiger partial charge in [-0.15, -0.1) is 22.9 Å². The van der Waals surface area contributed by atoms with Crippen LogP contribution in [0.15, 0.2) is 15.9 Å². The Morgan fingerprint density at radius 1 is 1.56 bits per heavy atom. The summed E-state index contributed by atoms with van der Waals surface area (Å²) in [6, 6.07) is 3.68. The smallest absolute Gasteiger partial charge is 0.264 e. The zero-order chi connectivity index (χ0) is 12.0. The molecule has 1 aromatic rings. The van der Waals surface area contributed by atoms with Gasteiger partial charge in [-0.25, -0.2) is 0 Å². The van der Waals surface area contributed by atoms with E-state index in [1.807, 2.05) is 12.1 Å². The van der Waals surface area contributed by atoms with Crippen LogP contribution in [-0.4, -0.2) is 43.5 Å². The van der Waals surface area contributed by atoms with E-state index in [9.17, 15) is 4.79 Å². The summed E-state index contributed by atoms with van der Waals surface area (Å²) in [5.74, 6) is 0.440. The van der Waals surface area contributed by atoms with E-state index in [0.717, 1.165) is 3.79 Å². The van der Waals surface area contributed by atoms with Crippen molar-refractivity contribution in [2.45, 2.75) is 0 Å². The number of hydrogen-bond donors (Lipinski definition) is 0. The second kappa shape index (κ2) is 7.27. The van der Waals surface area contributed by atoms with Crippen LogP contribution in [0.1, 0.15) is 9.67 Å². The molecule has 3 nitrogen and oxygen atoms in total. The van der Waals surface area contributed by atoms with Gasteiger partial charge in [0, 0.05) is 26.1 Å². The minimum Gasteiger partial charge on any atom is -0.383 e. The molecule has 0 saturated carbocycles. The molecule has 0 spiro atoms. The van der Waals surface area contributed by atoms with E-state index >= 15 is 0 Å². The molecule has 0 aliphatic heterocycles. The molecular formula is C10H13BrClNO2S. The maximum absolute atomic E-state index is 12.1. The number of methoxy groups -OCH3 is 1. The van der Waals surface area contributed by atoms with Gasteiger partial charge in [-0.05, 0) is 28.1 Å². The number of alkyl halides is 1. The number of halogens is 2. The number of rotatable bonds is 6. The zero-order valence-corrected chi connectivity index (χ0v) is 12.1. The summed E-state index contributed by atoms with van der Waals surface area (Å²) in [5, 5.41) is 0. The lowest BCUT2D eigenvalue weighted by Gasteiger charge is -2.20. The van der Waals surface area contributed by atoms with Gasteiger partial charge in [-0.1, -0.05) is 0 Å². The van der Waals surface area contributed by atoms with Gasteiger partial charge in [0.2, 0.25) is 0 Å². The summed E-state index contributed by atoms with van der Waals surface area (Å²) in [4.78, 5) is 14.5. The second-order valence-corrected chi connectivity index (χ2v) is 5.92. The quantitative estimate of drug-likeness (QED) is 0.752. The third-order valence-corrected chi connectivity index (χ3v) is 3.77. The number of nitrogens with zero attached hydrogens (tertiary/aromatic N) is 1. The molecule has 0 saturated heterocycles. The lowest BCUT2D eigenvalue weighted by Crippen LogP contribution is -2.35. The minimum absolute atomic E-state index is 0.00778. The first kappa shape index (κ1) is 14.0. The Morgan fingerprint density at radius 2 is 2.31 bits per heavy atom. The molecule has 0 atom stereocenters. The summed E-state index contributed by atoms with van der Waals surface area (Å²) >= 11 is 10.4. The highest BCUT2D eigenvalue weighted by atomic mass is 79.9. The fourth-order valence-electron chi connectivity index (χ4n) is 1.20. The molecule has 0 unspecified atom stereocenters. The van der Waals surface area contributed by atoms with E-state index in [2.05, 4.69) is 15.9 Å². The summed E-state index contributed by atoms with van der Waals surface area (Å²) in [7, 11) is 1.62. The molecule has 1 rings (SSSR count). The Bertz CT molecular complexity index is 345. The van der Waals surface area contributed by atoms with Crippen molar-refractivity contribution in [1.29, 1.82) is 0 Å². The Hall–Kier alpha value is -0.100. The van der Waals surface area contributed by atoms with Gasteiger partial charge in [0.05, 0.1) is 15.3 Å². The molecule has 16 heavy (non-hydrogen) atoms. The van der Waals surface area contributed by atoms with Crippen LogP contribution in [0.2, 0.25) is 0 Å². The zero-order valence-electron chi connectivity index (χ0n) is 8.91. The van der Waals surface area contributed by atoms with Gasteiger partial charge < -0.3 is 9.64 Å². The van der Waals surface area contributed by atoms with Crippen molar-refractivity contribution in [3.8, 4) is 0 Å². The monoisotopic (exact) mass is 325 g/mol. The highest BCUT2D eigenvalue weighted by Gasteiger charge is 2.16. The van der Waals surface area contributed by atoms with E-state index in [1.165, 1.54) is 11.3 Å². The predicted octanol–water partition coefficient (Wildman–Crippen LogP) is 2.84. The molecule has 1 aromatic heterocycles. The van der Waals surface area contributed by atoms with Crippen molar-refractivity contribution in [3.63, 3.8) is 0 Å². The van der Waals surface area contributed by atoms with Crippen molar-refractivity contribution in [3.05, 3.63) is 20.8 Å². The number of amides is 1. The molecule has 0 radical (unpaired) electrons. The molecule has 0 bridgehead atoms. The molecule has 0 aromatic carbocycles. The molecule has 6 heteroatoms. The fraction of sp³-hybridized carbons (Fsp3) is 0.500. The average Bonchev–Trinajstić information content (AvgIpc) is 2.70. The Morgan fingerprint density at radius 3 is 2.81 bits per heavy atom. The van der Waals surface area contributed by atoms with Gasteiger partial charge in [-0.2, -0.15) is 0 Å². The number of hydrogen-bond acceptors (Lipinski definition) is 3. The minimum atomic E-state index is 0.00778. The van der Waals surface area contributed by atoms with Crippen molar-refractivity contribution in [2.24, 2.45) is 0 Å². The molecule has 0 aliphatic rings. The third kappa shape index (κ3) is 4.05. The Balaban J connectivity index is 2.66. The van der Waals surface area contributed by atoms with Crippen LogP contribution in [0, 0.1) is 0 Å². The van der Waals surface area contributed by atoms with Crippen LogP contribution >= 0.6 is 38.9 Å². The molecular weight excluding hydrogens is 314 g/mol. The maximum Gasteiger partial charge on any atom is 0.264 e. The van der Waals surface area contributed by atoms with Crippen molar-refractivity contribution in [1.82, 2.24) is 4.90 Å².